The van der Waals surface area contributed by atoms with Crippen LogP contribution in [-0.2, 0) is 6.54 Å². The number of hydrogen-bond acceptors (Lipinski definition) is 5. The molecule has 1 aliphatic heterocycles. The van der Waals surface area contributed by atoms with E-state index in [1.807, 2.05) is 48.2 Å². The molecule has 2 amide bonds. The number of anilines is 1. The summed E-state index contributed by atoms with van der Waals surface area (Å²) in [6.07, 6.45) is 1.68. The predicted molar refractivity (Wildman–Crippen MR) is 112 cm³/mol. The van der Waals surface area contributed by atoms with Crippen LogP contribution in [0.5, 0.6) is 0 Å². The number of hydrogen-bond donors (Lipinski definition) is 1. The second kappa shape index (κ2) is 7.90. The van der Waals surface area contributed by atoms with Gasteiger partial charge in [-0.05, 0) is 24.6 Å². The Hall–Kier alpha value is -3.42. The molecule has 2 aromatic heterocycles. The van der Waals surface area contributed by atoms with Gasteiger partial charge in [-0.1, -0.05) is 29.8 Å². The highest BCUT2D eigenvalue weighted by Crippen LogP contribution is 2.16. The Labute approximate surface area is 168 Å². The highest BCUT2D eigenvalue weighted by Gasteiger charge is 2.24. The second-order valence-electron chi connectivity index (χ2n) is 7.19. The molecule has 1 aliphatic rings. The molecule has 0 unspecified atom stereocenters. The quantitative estimate of drug-likeness (QED) is 0.732. The van der Waals surface area contributed by atoms with Gasteiger partial charge in [0.2, 0.25) is 0 Å². The number of piperazine rings is 1. The van der Waals surface area contributed by atoms with Crippen LogP contribution in [0, 0.1) is 6.92 Å². The number of carbonyl (C=O) groups is 1. The van der Waals surface area contributed by atoms with Crippen LogP contribution in [0.25, 0.3) is 11.2 Å². The van der Waals surface area contributed by atoms with Gasteiger partial charge in [0.1, 0.15) is 5.52 Å². The Morgan fingerprint density at radius 1 is 1.10 bits per heavy atom. The van der Waals surface area contributed by atoms with Gasteiger partial charge < -0.3 is 15.1 Å². The van der Waals surface area contributed by atoms with Gasteiger partial charge in [-0.3, -0.25) is 9.36 Å². The lowest BCUT2D eigenvalue weighted by atomic mass is 10.1. The molecule has 3 heterocycles. The SMILES string of the molecule is CNC(=O)N1CCN(c2nc3cccnc3n(Cc3ccc(C)cc3)c2=O)CC1. The molecule has 4 rings (SSSR count). The number of aryl methyl sites for hydroxylation is 1. The maximum Gasteiger partial charge on any atom is 0.317 e. The van der Waals surface area contributed by atoms with E-state index < -0.39 is 0 Å². The number of rotatable bonds is 3. The molecule has 150 valence electrons. The molecule has 0 spiro atoms. The third kappa shape index (κ3) is 3.78. The summed E-state index contributed by atoms with van der Waals surface area (Å²) in [6, 6.07) is 11.7. The number of benzene rings is 1. The lowest BCUT2D eigenvalue weighted by Crippen LogP contribution is -2.52. The Morgan fingerprint density at radius 2 is 1.83 bits per heavy atom. The van der Waals surface area contributed by atoms with Crippen molar-refractivity contribution in [2.75, 3.05) is 38.1 Å². The molecule has 8 heteroatoms. The maximum atomic E-state index is 13.4. The minimum Gasteiger partial charge on any atom is -0.348 e. The first kappa shape index (κ1) is 18.9. The summed E-state index contributed by atoms with van der Waals surface area (Å²) in [5.74, 6) is 0.411. The van der Waals surface area contributed by atoms with Crippen LogP contribution in [0.3, 0.4) is 0 Å². The molecule has 1 fully saturated rings. The van der Waals surface area contributed by atoms with Crippen LogP contribution in [0.1, 0.15) is 11.1 Å². The van der Waals surface area contributed by atoms with Crippen molar-refractivity contribution in [1.82, 2.24) is 24.8 Å². The van der Waals surface area contributed by atoms with E-state index in [0.29, 0.717) is 49.7 Å². The topological polar surface area (TPSA) is 83.4 Å². The van der Waals surface area contributed by atoms with Gasteiger partial charge >= 0.3 is 6.03 Å². The van der Waals surface area contributed by atoms with E-state index in [-0.39, 0.29) is 11.6 Å². The number of fused-ring (bicyclic) bond motifs is 1. The number of carbonyl (C=O) groups excluding carboxylic acids is 1. The minimum atomic E-state index is -0.162. The first-order chi connectivity index (χ1) is 14.1. The Balaban J connectivity index is 1.70. The first-order valence-corrected chi connectivity index (χ1v) is 9.69. The number of pyridine rings is 1. The summed E-state index contributed by atoms with van der Waals surface area (Å²) in [4.78, 5) is 37.9. The highest BCUT2D eigenvalue weighted by molar-refractivity contribution is 5.74. The molecule has 0 atom stereocenters. The van der Waals surface area contributed by atoms with Crippen LogP contribution >= 0.6 is 0 Å². The smallest absolute Gasteiger partial charge is 0.317 e. The van der Waals surface area contributed by atoms with Gasteiger partial charge in [-0.25, -0.2) is 14.8 Å². The summed E-state index contributed by atoms with van der Waals surface area (Å²) < 4.78 is 1.69. The van der Waals surface area contributed by atoms with Gasteiger partial charge in [0.15, 0.2) is 11.5 Å². The molecule has 3 aromatic rings. The first-order valence-electron chi connectivity index (χ1n) is 9.69. The number of nitrogens with zero attached hydrogens (tertiary/aromatic N) is 5. The molecular formula is C21H24N6O2. The normalized spacial score (nSPS) is 14.3. The fraction of sp³-hybridized carbons (Fsp3) is 0.333. The van der Waals surface area contributed by atoms with E-state index in [1.54, 1.807) is 22.7 Å². The van der Waals surface area contributed by atoms with Crippen molar-refractivity contribution < 1.29 is 4.79 Å². The fourth-order valence-corrected chi connectivity index (χ4v) is 3.57. The van der Waals surface area contributed by atoms with Crippen molar-refractivity contribution in [2.24, 2.45) is 0 Å². The number of urea groups is 1. The zero-order valence-electron chi connectivity index (χ0n) is 16.6. The molecule has 0 aliphatic carbocycles. The van der Waals surface area contributed by atoms with Crippen molar-refractivity contribution in [3.8, 4) is 0 Å². The Morgan fingerprint density at radius 3 is 2.52 bits per heavy atom. The summed E-state index contributed by atoms with van der Waals surface area (Å²) in [5.41, 5.74) is 3.30. The van der Waals surface area contributed by atoms with Crippen LogP contribution < -0.4 is 15.8 Å². The molecular weight excluding hydrogens is 368 g/mol. The van der Waals surface area contributed by atoms with Gasteiger partial charge in [-0.15, -0.1) is 0 Å². The molecule has 8 nitrogen and oxygen atoms in total. The molecule has 0 saturated carbocycles. The lowest BCUT2D eigenvalue weighted by Gasteiger charge is -2.34. The summed E-state index contributed by atoms with van der Waals surface area (Å²) in [6.45, 7) is 4.68. The number of nitrogens with one attached hydrogen (secondary N) is 1. The Kier molecular flexibility index (Phi) is 5.16. The molecule has 0 bridgehead atoms. The van der Waals surface area contributed by atoms with Crippen molar-refractivity contribution >= 4 is 23.0 Å². The monoisotopic (exact) mass is 392 g/mol. The zero-order chi connectivity index (χ0) is 20.4. The number of amides is 2. The van der Waals surface area contributed by atoms with Crippen LogP contribution in [0.4, 0.5) is 10.6 Å². The molecule has 1 saturated heterocycles. The van der Waals surface area contributed by atoms with Crippen LogP contribution in [0.2, 0.25) is 0 Å². The average molecular weight is 392 g/mol. The summed E-state index contributed by atoms with van der Waals surface area (Å²) in [7, 11) is 1.62. The van der Waals surface area contributed by atoms with E-state index in [2.05, 4.69) is 15.3 Å². The zero-order valence-corrected chi connectivity index (χ0v) is 16.6. The maximum absolute atomic E-state index is 13.4. The van der Waals surface area contributed by atoms with Gasteiger partial charge in [0.05, 0.1) is 6.54 Å². The second-order valence-corrected chi connectivity index (χ2v) is 7.19. The predicted octanol–water partition coefficient (Wildman–Crippen LogP) is 1.61. The largest absolute Gasteiger partial charge is 0.348 e. The fourth-order valence-electron chi connectivity index (χ4n) is 3.57. The van der Waals surface area contributed by atoms with Gasteiger partial charge in [0.25, 0.3) is 5.56 Å². The van der Waals surface area contributed by atoms with E-state index in [4.69, 9.17) is 0 Å². The molecule has 1 aromatic carbocycles. The minimum absolute atomic E-state index is 0.0999. The third-order valence-electron chi connectivity index (χ3n) is 5.23. The van der Waals surface area contributed by atoms with Gasteiger partial charge in [0, 0.05) is 39.4 Å². The van der Waals surface area contributed by atoms with Gasteiger partial charge in [-0.2, -0.15) is 0 Å². The molecule has 29 heavy (non-hydrogen) atoms. The van der Waals surface area contributed by atoms with Crippen molar-refractivity contribution in [3.05, 3.63) is 64.1 Å². The summed E-state index contributed by atoms with van der Waals surface area (Å²) >= 11 is 0. The van der Waals surface area contributed by atoms with E-state index in [1.165, 1.54) is 5.56 Å². The van der Waals surface area contributed by atoms with E-state index in [0.717, 1.165) is 5.56 Å². The molecule has 1 N–H and O–H groups in total. The summed E-state index contributed by atoms with van der Waals surface area (Å²) in [5, 5.41) is 2.64. The van der Waals surface area contributed by atoms with E-state index in [9.17, 15) is 9.59 Å². The standard InChI is InChI=1S/C21H24N6O2/c1-15-5-7-16(8-6-15)14-27-18-17(4-3-9-23-18)24-19(20(27)28)25-10-12-26(13-11-25)21(29)22-2/h3-9H,10-14H2,1-2H3,(H,22,29). The van der Waals surface area contributed by atoms with E-state index >= 15 is 0 Å². The van der Waals surface area contributed by atoms with Crippen molar-refractivity contribution in [1.29, 1.82) is 0 Å². The third-order valence-corrected chi connectivity index (χ3v) is 5.23. The average Bonchev–Trinajstić information content (AvgIpc) is 2.76. The van der Waals surface area contributed by atoms with Crippen molar-refractivity contribution in [2.45, 2.75) is 13.5 Å². The van der Waals surface area contributed by atoms with Crippen molar-refractivity contribution in [3.63, 3.8) is 0 Å². The lowest BCUT2D eigenvalue weighted by molar-refractivity contribution is 0.196. The number of aromatic nitrogens is 3. The van der Waals surface area contributed by atoms with Crippen LogP contribution in [-0.4, -0.2) is 58.7 Å². The van der Waals surface area contributed by atoms with Crippen LogP contribution in [0.15, 0.2) is 47.4 Å². The highest BCUT2D eigenvalue weighted by atomic mass is 16.2. The molecule has 0 radical (unpaired) electrons. The Bertz CT molecular complexity index is 1080.